The van der Waals surface area contributed by atoms with Gasteiger partial charge >= 0.3 is 0 Å². The lowest BCUT2D eigenvalue weighted by molar-refractivity contribution is 0.118. The van der Waals surface area contributed by atoms with Gasteiger partial charge in [0.2, 0.25) is 0 Å². The molecule has 25 heavy (non-hydrogen) atoms. The SMILES string of the molecule is OC(c1ccccc1)(c1ccccc1)c1ccnn1-c1ccccc1. The number of hydrogen-bond acceptors (Lipinski definition) is 2. The fourth-order valence-electron chi connectivity index (χ4n) is 3.17. The Balaban J connectivity index is 1.97. The molecule has 0 aliphatic rings. The number of rotatable bonds is 4. The van der Waals surface area contributed by atoms with E-state index < -0.39 is 5.60 Å². The van der Waals surface area contributed by atoms with Gasteiger partial charge in [-0.05, 0) is 29.3 Å². The van der Waals surface area contributed by atoms with Crippen molar-refractivity contribution in [1.29, 1.82) is 0 Å². The van der Waals surface area contributed by atoms with E-state index in [2.05, 4.69) is 5.10 Å². The number of hydrogen-bond donors (Lipinski definition) is 1. The summed E-state index contributed by atoms with van der Waals surface area (Å²) in [5.74, 6) is 0. The molecule has 0 aliphatic heterocycles. The number of aromatic nitrogens is 2. The van der Waals surface area contributed by atoms with Gasteiger partial charge in [-0.3, -0.25) is 0 Å². The molecule has 1 aromatic heterocycles. The van der Waals surface area contributed by atoms with Crippen molar-refractivity contribution in [3.8, 4) is 5.69 Å². The third kappa shape index (κ3) is 2.65. The third-order valence-corrected chi connectivity index (χ3v) is 4.40. The summed E-state index contributed by atoms with van der Waals surface area (Å²) in [7, 11) is 0. The molecular weight excluding hydrogens is 308 g/mol. The zero-order valence-electron chi connectivity index (χ0n) is 13.7. The number of aliphatic hydroxyl groups is 1. The maximum Gasteiger partial charge on any atom is 0.157 e. The molecule has 0 amide bonds. The van der Waals surface area contributed by atoms with Gasteiger partial charge in [-0.15, -0.1) is 0 Å². The molecule has 0 spiro atoms. The average molecular weight is 326 g/mol. The van der Waals surface area contributed by atoms with Crippen LogP contribution in [0.5, 0.6) is 0 Å². The van der Waals surface area contributed by atoms with E-state index in [0.29, 0.717) is 5.69 Å². The van der Waals surface area contributed by atoms with Crippen LogP contribution >= 0.6 is 0 Å². The first kappa shape index (κ1) is 15.4. The second kappa shape index (κ2) is 6.38. The van der Waals surface area contributed by atoms with E-state index in [9.17, 15) is 5.11 Å². The molecule has 3 heteroatoms. The van der Waals surface area contributed by atoms with Crippen molar-refractivity contribution in [1.82, 2.24) is 9.78 Å². The van der Waals surface area contributed by atoms with E-state index in [0.717, 1.165) is 16.8 Å². The van der Waals surface area contributed by atoms with E-state index in [1.165, 1.54) is 0 Å². The first-order valence-corrected chi connectivity index (χ1v) is 8.23. The minimum Gasteiger partial charge on any atom is -0.374 e. The zero-order valence-corrected chi connectivity index (χ0v) is 13.7. The normalized spacial score (nSPS) is 11.4. The van der Waals surface area contributed by atoms with Crippen molar-refractivity contribution < 1.29 is 5.11 Å². The van der Waals surface area contributed by atoms with E-state index in [1.54, 1.807) is 10.9 Å². The van der Waals surface area contributed by atoms with Crippen LogP contribution < -0.4 is 0 Å². The Morgan fingerprint density at radius 2 is 1.12 bits per heavy atom. The largest absolute Gasteiger partial charge is 0.374 e. The number of benzene rings is 3. The molecule has 122 valence electrons. The van der Waals surface area contributed by atoms with Crippen LogP contribution in [-0.4, -0.2) is 14.9 Å². The molecule has 3 aromatic carbocycles. The van der Waals surface area contributed by atoms with Crippen LogP contribution in [0.25, 0.3) is 5.69 Å². The fraction of sp³-hybridized carbons (Fsp3) is 0.0455. The van der Waals surface area contributed by atoms with Gasteiger partial charge in [0.25, 0.3) is 0 Å². The smallest absolute Gasteiger partial charge is 0.157 e. The average Bonchev–Trinajstić information content (AvgIpc) is 3.20. The second-order valence-corrected chi connectivity index (χ2v) is 5.91. The maximum absolute atomic E-state index is 11.9. The number of nitrogens with zero attached hydrogens (tertiary/aromatic N) is 2. The molecule has 0 radical (unpaired) electrons. The predicted molar refractivity (Wildman–Crippen MR) is 98.5 cm³/mol. The minimum absolute atomic E-state index is 0.705. The van der Waals surface area contributed by atoms with Crippen LogP contribution in [0.1, 0.15) is 16.8 Å². The third-order valence-electron chi connectivity index (χ3n) is 4.40. The Kier molecular flexibility index (Phi) is 3.92. The van der Waals surface area contributed by atoms with E-state index in [1.807, 2.05) is 97.1 Å². The first-order valence-electron chi connectivity index (χ1n) is 8.23. The monoisotopic (exact) mass is 326 g/mol. The van der Waals surface area contributed by atoms with E-state index in [4.69, 9.17) is 0 Å². The molecule has 0 bridgehead atoms. The van der Waals surface area contributed by atoms with Crippen LogP contribution in [0, 0.1) is 0 Å². The Morgan fingerprint density at radius 3 is 1.64 bits per heavy atom. The maximum atomic E-state index is 11.9. The van der Waals surface area contributed by atoms with Crippen LogP contribution in [0.4, 0.5) is 0 Å². The Bertz CT molecular complexity index is 908. The summed E-state index contributed by atoms with van der Waals surface area (Å²) >= 11 is 0. The van der Waals surface area contributed by atoms with Crippen molar-refractivity contribution in [2.24, 2.45) is 0 Å². The van der Waals surface area contributed by atoms with Crippen molar-refractivity contribution in [2.45, 2.75) is 5.60 Å². The van der Waals surface area contributed by atoms with Gasteiger partial charge in [0, 0.05) is 6.20 Å². The summed E-state index contributed by atoms with van der Waals surface area (Å²) in [6, 6.07) is 31.1. The lowest BCUT2D eigenvalue weighted by Crippen LogP contribution is -2.31. The first-order chi connectivity index (χ1) is 12.3. The molecule has 1 N–H and O–H groups in total. The molecule has 0 fully saturated rings. The lowest BCUT2D eigenvalue weighted by atomic mass is 9.83. The summed E-state index contributed by atoms with van der Waals surface area (Å²) in [5.41, 5.74) is 1.93. The van der Waals surface area contributed by atoms with E-state index >= 15 is 0 Å². The van der Waals surface area contributed by atoms with Gasteiger partial charge in [0.05, 0.1) is 11.4 Å². The van der Waals surface area contributed by atoms with Gasteiger partial charge < -0.3 is 5.11 Å². The van der Waals surface area contributed by atoms with E-state index in [-0.39, 0.29) is 0 Å². The molecule has 0 saturated carbocycles. The highest BCUT2D eigenvalue weighted by Crippen LogP contribution is 2.37. The fourth-order valence-corrected chi connectivity index (χ4v) is 3.17. The zero-order chi connectivity index (χ0) is 17.1. The van der Waals surface area contributed by atoms with Gasteiger partial charge in [0.1, 0.15) is 0 Å². The van der Waals surface area contributed by atoms with Gasteiger partial charge in [0.15, 0.2) is 5.60 Å². The summed E-state index contributed by atoms with van der Waals surface area (Å²) < 4.78 is 1.79. The number of para-hydroxylation sites is 1. The highest BCUT2D eigenvalue weighted by Gasteiger charge is 2.37. The van der Waals surface area contributed by atoms with Crippen molar-refractivity contribution >= 4 is 0 Å². The molecule has 4 aromatic rings. The molecular formula is C22H18N2O. The van der Waals surface area contributed by atoms with Crippen molar-refractivity contribution in [3.05, 3.63) is 120 Å². The predicted octanol–water partition coefficient (Wildman–Crippen LogP) is 4.16. The quantitative estimate of drug-likeness (QED) is 0.611. The Morgan fingerprint density at radius 1 is 0.640 bits per heavy atom. The van der Waals surface area contributed by atoms with Crippen molar-refractivity contribution in [3.63, 3.8) is 0 Å². The Hall–Kier alpha value is -3.17. The Labute approximate surface area is 146 Å². The summed E-state index contributed by atoms with van der Waals surface area (Å²) in [6.07, 6.45) is 1.72. The summed E-state index contributed by atoms with van der Waals surface area (Å²) in [4.78, 5) is 0. The van der Waals surface area contributed by atoms with Crippen molar-refractivity contribution in [2.75, 3.05) is 0 Å². The lowest BCUT2D eigenvalue weighted by Gasteiger charge is -2.30. The molecule has 1 heterocycles. The molecule has 0 unspecified atom stereocenters. The van der Waals surface area contributed by atoms with Crippen LogP contribution in [0.2, 0.25) is 0 Å². The van der Waals surface area contributed by atoms with Crippen LogP contribution in [0.3, 0.4) is 0 Å². The van der Waals surface area contributed by atoms with Crippen LogP contribution in [-0.2, 0) is 5.60 Å². The van der Waals surface area contributed by atoms with Gasteiger partial charge in [-0.2, -0.15) is 5.10 Å². The standard InChI is InChI=1S/C22H18N2O/c25-22(18-10-4-1-5-11-18,19-12-6-2-7-13-19)21-16-17-23-24(21)20-14-8-3-9-15-20/h1-17,25H. The minimum atomic E-state index is -1.30. The summed E-state index contributed by atoms with van der Waals surface area (Å²) in [6.45, 7) is 0. The topological polar surface area (TPSA) is 38.1 Å². The molecule has 0 atom stereocenters. The molecule has 0 saturated heterocycles. The summed E-state index contributed by atoms with van der Waals surface area (Å²) in [5, 5.41) is 16.4. The highest BCUT2D eigenvalue weighted by atomic mass is 16.3. The molecule has 4 rings (SSSR count). The molecule has 3 nitrogen and oxygen atoms in total. The van der Waals surface area contributed by atoms with Crippen LogP contribution in [0.15, 0.2) is 103 Å². The van der Waals surface area contributed by atoms with Gasteiger partial charge in [-0.1, -0.05) is 78.9 Å². The second-order valence-electron chi connectivity index (χ2n) is 5.91. The highest BCUT2D eigenvalue weighted by molar-refractivity contribution is 5.47. The van der Waals surface area contributed by atoms with Gasteiger partial charge in [-0.25, -0.2) is 4.68 Å². The molecule has 0 aliphatic carbocycles.